The second kappa shape index (κ2) is 7.13. The Bertz CT molecular complexity index is 879. The van der Waals surface area contributed by atoms with Crippen LogP contribution in [0.2, 0.25) is 5.02 Å². The molecule has 5 rings (SSSR count). The highest BCUT2D eigenvalue weighted by Crippen LogP contribution is 2.75. The molecule has 3 saturated carbocycles. The molecule has 5 nitrogen and oxygen atoms in total. The highest BCUT2D eigenvalue weighted by atomic mass is 35.5. The van der Waals surface area contributed by atoms with Crippen molar-refractivity contribution in [2.45, 2.75) is 38.3 Å². The third kappa shape index (κ3) is 3.47. The van der Waals surface area contributed by atoms with Gasteiger partial charge in [0.25, 0.3) is 0 Å². The minimum atomic E-state index is -1.01. The van der Waals surface area contributed by atoms with Crippen LogP contribution >= 0.6 is 11.6 Å². The number of ether oxygens (including phenoxy) is 1. The van der Waals surface area contributed by atoms with E-state index < -0.39 is 18.1 Å². The molecule has 1 atom stereocenters. The average Bonchev–Trinajstić information content (AvgIpc) is 2.62. The molecule has 0 radical (unpaired) electrons. The second-order valence-electron chi connectivity index (χ2n) is 8.14. The molecule has 3 fully saturated rings. The zero-order valence-electron chi connectivity index (χ0n) is 15.4. The zero-order chi connectivity index (χ0) is 19.8. The van der Waals surface area contributed by atoms with Gasteiger partial charge in [-0.25, -0.2) is 9.59 Å². The Morgan fingerprint density at radius 1 is 1.07 bits per heavy atom. The summed E-state index contributed by atoms with van der Waals surface area (Å²) in [5.41, 5.74) is 1.68. The van der Waals surface area contributed by atoms with Crippen LogP contribution in [0, 0.1) is 10.8 Å². The van der Waals surface area contributed by atoms with Crippen LogP contribution in [0.3, 0.4) is 0 Å². The van der Waals surface area contributed by atoms with Crippen LogP contribution in [-0.4, -0.2) is 23.2 Å². The van der Waals surface area contributed by atoms with E-state index >= 15 is 0 Å². The van der Waals surface area contributed by atoms with Crippen LogP contribution in [0.1, 0.15) is 30.4 Å². The van der Waals surface area contributed by atoms with Crippen molar-refractivity contribution in [2.24, 2.45) is 10.8 Å². The first-order valence-electron chi connectivity index (χ1n) is 9.35. The first-order chi connectivity index (χ1) is 13.4. The molecule has 146 valence electrons. The minimum Gasteiger partial charge on any atom is -0.480 e. The Morgan fingerprint density at radius 3 is 2.36 bits per heavy atom. The SMILES string of the molecule is O=C(NC(C(=O)O)C12CC(Cc3ccccc3Cl)(C1)C2)OCc1ccccc1. The number of halogens is 1. The Kier molecular flexibility index (Phi) is 4.79. The molecule has 0 heterocycles. The maximum Gasteiger partial charge on any atom is 0.408 e. The minimum absolute atomic E-state index is 0.105. The van der Waals surface area contributed by atoms with Gasteiger partial charge in [-0.05, 0) is 48.3 Å². The monoisotopic (exact) mass is 399 g/mol. The van der Waals surface area contributed by atoms with Crippen LogP contribution in [0.5, 0.6) is 0 Å². The molecule has 1 amide bonds. The number of nitrogens with one attached hydrogen (secondary N) is 1. The second-order valence-corrected chi connectivity index (χ2v) is 8.55. The van der Waals surface area contributed by atoms with Gasteiger partial charge in [-0.15, -0.1) is 0 Å². The third-order valence-corrected chi connectivity index (χ3v) is 6.41. The van der Waals surface area contributed by atoms with Crippen molar-refractivity contribution >= 4 is 23.7 Å². The smallest absolute Gasteiger partial charge is 0.408 e. The predicted octanol–water partition coefficient (Wildman–Crippen LogP) is 4.43. The summed E-state index contributed by atoms with van der Waals surface area (Å²) in [7, 11) is 0. The number of carbonyl (C=O) groups is 2. The Hall–Kier alpha value is -2.53. The van der Waals surface area contributed by atoms with Gasteiger partial charge in [0.15, 0.2) is 0 Å². The largest absolute Gasteiger partial charge is 0.480 e. The van der Waals surface area contributed by atoms with Crippen molar-refractivity contribution in [1.29, 1.82) is 0 Å². The van der Waals surface area contributed by atoms with Crippen molar-refractivity contribution in [3.05, 3.63) is 70.7 Å². The molecule has 1 unspecified atom stereocenters. The number of carboxylic acid groups (broad SMARTS) is 1. The lowest BCUT2D eigenvalue weighted by Gasteiger charge is -2.72. The van der Waals surface area contributed by atoms with E-state index in [1.54, 1.807) is 0 Å². The molecule has 2 aromatic carbocycles. The molecule has 28 heavy (non-hydrogen) atoms. The van der Waals surface area contributed by atoms with Crippen molar-refractivity contribution in [1.82, 2.24) is 5.32 Å². The molecular weight excluding hydrogens is 378 g/mol. The fourth-order valence-electron chi connectivity index (χ4n) is 4.98. The molecule has 6 heteroatoms. The van der Waals surface area contributed by atoms with Gasteiger partial charge in [-0.1, -0.05) is 60.1 Å². The molecule has 0 aromatic heterocycles. The summed E-state index contributed by atoms with van der Waals surface area (Å²) < 4.78 is 5.20. The summed E-state index contributed by atoms with van der Waals surface area (Å²) in [5, 5.41) is 13.0. The van der Waals surface area contributed by atoms with Crippen LogP contribution in [-0.2, 0) is 22.6 Å². The van der Waals surface area contributed by atoms with Gasteiger partial charge in [-0.3, -0.25) is 0 Å². The molecule has 2 aromatic rings. The fourth-order valence-corrected chi connectivity index (χ4v) is 5.19. The van der Waals surface area contributed by atoms with E-state index in [1.807, 2.05) is 54.6 Å². The summed E-state index contributed by atoms with van der Waals surface area (Å²) in [4.78, 5) is 23.9. The van der Waals surface area contributed by atoms with Crippen molar-refractivity contribution in [3.8, 4) is 0 Å². The van der Waals surface area contributed by atoms with Crippen LogP contribution in [0.15, 0.2) is 54.6 Å². The lowest BCUT2D eigenvalue weighted by molar-refractivity contribution is -0.223. The van der Waals surface area contributed by atoms with Gasteiger partial charge in [0.2, 0.25) is 0 Å². The number of benzene rings is 2. The molecule has 0 saturated heterocycles. The number of carboxylic acids is 1. The van der Waals surface area contributed by atoms with Gasteiger partial charge in [0, 0.05) is 10.4 Å². The Morgan fingerprint density at radius 2 is 1.71 bits per heavy atom. The fraction of sp³-hybridized carbons (Fsp3) is 0.364. The van der Waals surface area contributed by atoms with Crippen LogP contribution in [0.25, 0.3) is 0 Å². The number of alkyl carbamates (subject to hydrolysis) is 1. The first kappa shape index (κ1) is 18.8. The van der Waals surface area contributed by atoms with E-state index in [0.717, 1.165) is 41.8 Å². The maximum absolute atomic E-state index is 12.1. The van der Waals surface area contributed by atoms with Crippen LogP contribution < -0.4 is 5.32 Å². The first-order valence-corrected chi connectivity index (χ1v) is 9.73. The maximum atomic E-state index is 12.1. The van der Waals surface area contributed by atoms with E-state index in [2.05, 4.69) is 5.32 Å². The summed E-state index contributed by atoms with van der Waals surface area (Å²) in [6.07, 6.45) is 2.49. The number of amides is 1. The molecular formula is C22H22ClNO4. The van der Waals surface area contributed by atoms with E-state index in [4.69, 9.17) is 16.3 Å². The van der Waals surface area contributed by atoms with E-state index in [-0.39, 0.29) is 17.4 Å². The Balaban J connectivity index is 1.33. The molecule has 3 aliphatic rings. The molecule has 2 N–H and O–H groups in total. The molecule has 0 spiro atoms. The topological polar surface area (TPSA) is 75.6 Å². The Labute approximate surface area is 168 Å². The van der Waals surface area contributed by atoms with Gasteiger partial charge in [-0.2, -0.15) is 0 Å². The average molecular weight is 400 g/mol. The van der Waals surface area contributed by atoms with Crippen LogP contribution in [0.4, 0.5) is 4.79 Å². The van der Waals surface area contributed by atoms with Crippen molar-refractivity contribution in [3.63, 3.8) is 0 Å². The summed E-state index contributed by atoms with van der Waals surface area (Å²) >= 11 is 6.26. The quantitative estimate of drug-likeness (QED) is 0.722. The van der Waals surface area contributed by atoms with Gasteiger partial charge in [0.1, 0.15) is 12.6 Å². The number of aliphatic carboxylic acids is 1. The number of carbonyl (C=O) groups excluding carboxylic acids is 1. The van der Waals surface area contributed by atoms with E-state index in [0.29, 0.717) is 0 Å². The number of hydrogen-bond acceptors (Lipinski definition) is 3. The summed E-state index contributed by atoms with van der Waals surface area (Å²) in [6.45, 7) is 0.114. The summed E-state index contributed by atoms with van der Waals surface area (Å²) in [6, 6.07) is 16.1. The molecule has 0 aliphatic heterocycles. The zero-order valence-corrected chi connectivity index (χ0v) is 16.1. The van der Waals surface area contributed by atoms with Crippen molar-refractivity contribution in [2.75, 3.05) is 0 Å². The van der Waals surface area contributed by atoms with E-state index in [9.17, 15) is 14.7 Å². The van der Waals surface area contributed by atoms with Gasteiger partial charge >= 0.3 is 12.1 Å². The standard InChI is InChI=1S/C22H22ClNO4/c23-17-9-5-4-8-16(17)10-21-12-22(13-21,14-21)18(19(25)26)24-20(27)28-11-15-6-2-1-3-7-15/h1-9,18H,10-14H2,(H,24,27)(H,25,26). The van der Waals surface area contributed by atoms with Gasteiger partial charge in [0.05, 0.1) is 0 Å². The lowest BCUT2D eigenvalue weighted by atomic mass is 9.32. The molecule has 3 aliphatic carbocycles. The van der Waals surface area contributed by atoms with Crippen molar-refractivity contribution < 1.29 is 19.4 Å². The lowest BCUT2D eigenvalue weighted by Crippen LogP contribution is -2.72. The highest BCUT2D eigenvalue weighted by molar-refractivity contribution is 6.31. The third-order valence-electron chi connectivity index (χ3n) is 6.04. The highest BCUT2D eigenvalue weighted by Gasteiger charge is 2.71. The van der Waals surface area contributed by atoms with Gasteiger partial charge < -0.3 is 15.2 Å². The summed E-state index contributed by atoms with van der Waals surface area (Å²) in [5.74, 6) is -1.01. The molecule has 2 bridgehead atoms. The number of hydrogen-bond donors (Lipinski definition) is 2. The normalized spacial score (nSPS) is 25.8. The van der Waals surface area contributed by atoms with E-state index in [1.165, 1.54) is 0 Å². The number of rotatable bonds is 7. The predicted molar refractivity (Wildman–Crippen MR) is 105 cm³/mol.